The average Bonchev–Trinajstić information content (AvgIpc) is 2.03. The minimum absolute atomic E-state index is 0.692. The van der Waals surface area contributed by atoms with Gasteiger partial charge in [0.1, 0.15) is 12.0 Å². The van der Waals surface area contributed by atoms with Gasteiger partial charge in [-0.15, -0.1) is 0 Å². The quantitative estimate of drug-likeness (QED) is 0.612. The summed E-state index contributed by atoms with van der Waals surface area (Å²) in [6.45, 7) is 1.92. The van der Waals surface area contributed by atoms with Crippen molar-refractivity contribution in [3.05, 3.63) is 26.8 Å². The van der Waals surface area contributed by atoms with Gasteiger partial charge < -0.3 is 4.74 Å². The Balaban J connectivity index is 3.27. The summed E-state index contributed by atoms with van der Waals surface area (Å²) in [5, 5.41) is 0. The number of aryl methyl sites for hydroxylation is 1. The molecule has 0 atom stereocenters. The van der Waals surface area contributed by atoms with Crippen molar-refractivity contribution in [1.29, 1.82) is 0 Å². The molecule has 0 saturated carbocycles. The van der Waals surface area contributed by atoms with Gasteiger partial charge >= 0.3 is 0 Å². The standard InChI is InChI=1S/C9H9IO2/c1-6-3-7(5-11)4-8(10)9(6)12-2/h3-5H,1-2H3. The number of aldehydes is 1. The van der Waals surface area contributed by atoms with Crippen molar-refractivity contribution in [2.24, 2.45) is 0 Å². The predicted octanol–water partition coefficient (Wildman–Crippen LogP) is 2.42. The van der Waals surface area contributed by atoms with Crippen LogP contribution in [0.2, 0.25) is 0 Å². The average molecular weight is 276 g/mol. The fourth-order valence-corrected chi connectivity index (χ4v) is 2.09. The Hall–Kier alpha value is -0.580. The summed E-state index contributed by atoms with van der Waals surface area (Å²) in [6, 6.07) is 3.62. The van der Waals surface area contributed by atoms with Crippen molar-refractivity contribution in [2.75, 3.05) is 7.11 Å². The van der Waals surface area contributed by atoms with E-state index in [0.29, 0.717) is 5.56 Å². The van der Waals surface area contributed by atoms with Gasteiger partial charge in [0.25, 0.3) is 0 Å². The molecule has 0 aliphatic heterocycles. The second kappa shape index (κ2) is 3.89. The normalized spacial score (nSPS) is 9.58. The van der Waals surface area contributed by atoms with Crippen LogP contribution in [0, 0.1) is 10.5 Å². The topological polar surface area (TPSA) is 26.3 Å². The molecule has 0 saturated heterocycles. The molecule has 1 rings (SSSR count). The van der Waals surface area contributed by atoms with Gasteiger partial charge in [-0.1, -0.05) is 0 Å². The molecule has 0 radical (unpaired) electrons. The highest BCUT2D eigenvalue weighted by atomic mass is 127. The van der Waals surface area contributed by atoms with Gasteiger partial charge in [-0.05, 0) is 47.2 Å². The number of hydrogen-bond donors (Lipinski definition) is 0. The maximum Gasteiger partial charge on any atom is 0.150 e. The molecule has 0 aliphatic rings. The molecule has 0 amide bonds. The van der Waals surface area contributed by atoms with Gasteiger partial charge in [-0.3, -0.25) is 4.79 Å². The first-order valence-electron chi connectivity index (χ1n) is 3.48. The summed E-state index contributed by atoms with van der Waals surface area (Å²) in [4.78, 5) is 10.5. The van der Waals surface area contributed by atoms with E-state index < -0.39 is 0 Å². The third-order valence-electron chi connectivity index (χ3n) is 1.59. The fraction of sp³-hybridized carbons (Fsp3) is 0.222. The summed E-state index contributed by atoms with van der Waals surface area (Å²) in [7, 11) is 1.63. The number of hydrogen-bond acceptors (Lipinski definition) is 2. The Morgan fingerprint density at radius 2 is 2.17 bits per heavy atom. The van der Waals surface area contributed by atoms with Crippen LogP contribution in [0.5, 0.6) is 5.75 Å². The zero-order chi connectivity index (χ0) is 9.14. The van der Waals surface area contributed by atoms with Crippen molar-refractivity contribution in [3.63, 3.8) is 0 Å². The molecule has 0 bridgehead atoms. The number of benzene rings is 1. The summed E-state index contributed by atoms with van der Waals surface area (Å²) >= 11 is 2.15. The highest BCUT2D eigenvalue weighted by Crippen LogP contribution is 2.25. The summed E-state index contributed by atoms with van der Waals surface area (Å²) in [6.07, 6.45) is 0.842. The molecule has 0 fully saturated rings. The largest absolute Gasteiger partial charge is 0.495 e. The lowest BCUT2D eigenvalue weighted by Gasteiger charge is -2.06. The van der Waals surface area contributed by atoms with E-state index >= 15 is 0 Å². The molecule has 0 N–H and O–H groups in total. The molecular formula is C9H9IO2. The molecule has 0 spiro atoms. The molecular weight excluding hydrogens is 267 g/mol. The monoisotopic (exact) mass is 276 g/mol. The van der Waals surface area contributed by atoms with Crippen LogP contribution in [-0.2, 0) is 0 Å². The minimum Gasteiger partial charge on any atom is -0.495 e. The molecule has 3 heteroatoms. The first kappa shape index (κ1) is 9.51. The van der Waals surface area contributed by atoms with Crippen molar-refractivity contribution in [3.8, 4) is 5.75 Å². The minimum atomic E-state index is 0.692. The van der Waals surface area contributed by atoms with Crippen molar-refractivity contribution >= 4 is 28.9 Å². The van der Waals surface area contributed by atoms with Crippen LogP contribution >= 0.6 is 22.6 Å². The Kier molecular flexibility index (Phi) is 3.08. The number of ether oxygens (including phenoxy) is 1. The molecule has 0 unspecified atom stereocenters. The molecule has 2 nitrogen and oxygen atoms in total. The van der Waals surface area contributed by atoms with E-state index in [1.165, 1.54) is 0 Å². The Bertz CT molecular complexity index is 284. The number of carbonyl (C=O) groups excluding carboxylic acids is 1. The second-order valence-corrected chi connectivity index (χ2v) is 3.63. The van der Waals surface area contributed by atoms with E-state index in [0.717, 1.165) is 21.2 Å². The van der Waals surface area contributed by atoms with Gasteiger partial charge in [0.2, 0.25) is 0 Å². The Morgan fingerprint density at radius 1 is 1.50 bits per heavy atom. The molecule has 12 heavy (non-hydrogen) atoms. The van der Waals surface area contributed by atoms with Crippen LogP contribution < -0.4 is 4.74 Å². The van der Waals surface area contributed by atoms with E-state index in [2.05, 4.69) is 22.6 Å². The van der Waals surface area contributed by atoms with Crippen molar-refractivity contribution in [2.45, 2.75) is 6.92 Å². The van der Waals surface area contributed by atoms with Gasteiger partial charge in [0.05, 0.1) is 10.7 Å². The smallest absolute Gasteiger partial charge is 0.150 e. The van der Waals surface area contributed by atoms with Crippen LogP contribution in [0.1, 0.15) is 15.9 Å². The van der Waals surface area contributed by atoms with E-state index in [4.69, 9.17) is 4.74 Å². The summed E-state index contributed by atoms with van der Waals surface area (Å²) < 4.78 is 6.12. The summed E-state index contributed by atoms with van der Waals surface area (Å²) in [5.41, 5.74) is 1.68. The number of carbonyl (C=O) groups is 1. The highest BCUT2D eigenvalue weighted by Gasteiger charge is 2.04. The van der Waals surface area contributed by atoms with E-state index in [9.17, 15) is 4.79 Å². The van der Waals surface area contributed by atoms with E-state index in [1.54, 1.807) is 13.2 Å². The highest BCUT2D eigenvalue weighted by molar-refractivity contribution is 14.1. The zero-order valence-corrected chi connectivity index (χ0v) is 9.08. The Labute approximate surface area is 85.1 Å². The molecule has 1 aromatic carbocycles. The summed E-state index contributed by atoms with van der Waals surface area (Å²) in [5.74, 6) is 0.848. The number of halogens is 1. The van der Waals surface area contributed by atoms with Gasteiger partial charge in [-0.2, -0.15) is 0 Å². The maximum absolute atomic E-state index is 10.5. The number of rotatable bonds is 2. The SMILES string of the molecule is COc1c(C)cc(C=O)cc1I. The van der Waals surface area contributed by atoms with E-state index in [1.807, 2.05) is 13.0 Å². The lowest BCUT2D eigenvalue weighted by molar-refractivity contribution is 0.112. The molecule has 64 valence electrons. The van der Waals surface area contributed by atoms with E-state index in [-0.39, 0.29) is 0 Å². The predicted molar refractivity (Wildman–Crippen MR) is 55.8 cm³/mol. The zero-order valence-electron chi connectivity index (χ0n) is 6.93. The van der Waals surface area contributed by atoms with Crippen molar-refractivity contribution < 1.29 is 9.53 Å². The van der Waals surface area contributed by atoms with Gasteiger partial charge in [0.15, 0.2) is 0 Å². The number of methoxy groups -OCH3 is 1. The van der Waals surface area contributed by atoms with Crippen LogP contribution in [0.3, 0.4) is 0 Å². The first-order chi connectivity index (χ1) is 5.69. The van der Waals surface area contributed by atoms with Crippen LogP contribution in [-0.4, -0.2) is 13.4 Å². The molecule has 0 aliphatic carbocycles. The lowest BCUT2D eigenvalue weighted by atomic mass is 10.1. The Morgan fingerprint density at radius 3 is 2.58 bits per heavy atom. The van der Waals surface area contributed by atoms with Gasteiger partial charge in [-0.25, -0.2) is 0 Å². The third kappa shape index (κ3) is 1.77. The lowest BCUT2D eigenvalue weighted by Crippen LogP contribution is -1.92. The fourth-order valence-electron chi connectivity index (χ4n) is 1.08. The van der Waals surface area contributed by atoms with Crippen LogP contribution in [0.4, 0.5) is 0 Å². The van der Waals surface area contributed by atoms with Gasteiger partial charge in [0, 0.05) is 5.56 Å². The maximum atomic E-state index is 10.5. The molecule has 0 heterocycles. The molecule has 0 aromatic heterocycles. The van der Waals surface area contributed by atoms with Crippen LogP contribution in [0.25, 0.3) is 0 Å². The molecule has 1 aromatic rings. The van der Waals surface area contributed by atoms with Crippen LogP contribution in [0.15, 0.2) is 12.1 Å². The second-order valence-electron chi connectivity index (χ2n) is 2.47. The third-order valence-corrected chi connectivity index (χ3v) is 2.39. The van der Waals surface area contributed by atoms with Crippen molar-refractivity contribution in [1.82, 2.24) is 0 Å². The first-order valence-corrected chi connectivity index (χ1v) is 4.56.